The molecule has 1 N–H and O–H groups in total. The molecule has 0 aliphatic heterocycles. The van der Waals surface area contributed by atoms with Crippen molar-refractivity contribution in [1.82, 2.24) is 0 Å². The number of aliphatic hydroxyl groups is 1. The molecule has 0 rings (SSSR count). The molecule has 0 heterocycles. The van der Waals surface area contributed by atoms with Gasteiger partial charge < -0.3 is 34.8 Å². The Labute approximate surface area is 104 Å². The van der Waals surface area contributed by atoms with Crippen LogP contribution in [0.15, 0.2) is 0 Å². The molecule has 8 heteroatoms. The Bertz CT molecular complexity index is 233. The van der Waals surface area contributed by atoms with E-state index in [1.165, 1.54) is 0 Å². The Kier molecular flexibility index (Phi) is 6.88. The monoisotopic (exact) mass is 276 g/mol. The minimum absolute atomic E-state index is 0. The van der Waals surface area contributed by atoms with Gasteiger partial charge >= 0.3 is 32.7 Å². The van der Waals surface area contributed by atoms with Gasteiger partial charge in [0.05, 0.1) is 5.97 Å². The van der Waals surface area contributed by atoms with Crippen molar-refractivity contribution in [3.63, 3.8) is 0 Å². The van der Waals surface area contributed by atoms with Gasteiger partial charge in [0.1, 0.15) is 5.60 Å². The van der Waals surface area contributed by atoms with Gasteiger partial charge in [0.25, 0.3) is 0 Å². The van der Waals surface area contributed by atoms with Crippen LogP contribution in [0.25, 0.3) is 0 Å². The van der Waals surface area contributed by atoms with E-state index in [0.717, 1.165) is 0 Å². The molecule has 14 heavy (non-hydrogen) atoms. The van der Waals surface area contributed by atoms with Crippen LogP contribution in [-0.2, 0) is 47.1 Å². The summed E-state index contributed by atoms with van der Waals surface area (Å²) < 4.78 is 0. The van der Waals surface area contributed by atoms with Crippen LogP contribution in [0.3, 0.4) is 0 Å². The second-order valence-electron chi connectivity index (χ2n) is 2.42. The van der Waals surface area contributed by atoms with Crippen LogP contribution in [0.4, 0.5) is 0 Å². The first-order chi connectivity index (χ1) is 5.78. The molecule has 0 unspecified atom stereocenters. The molecule has 0 bridgehead atoms. The van der Waals surface area contributed by atoms with Crippen LogP contribution in [0.2, 0.25) is 0 Å². The summed E-state index contributed by atoms with van der Waals surface area (Å²) in [6.07, 6.45) is -2.72. The summed E-state index contributed by atoms with van der Waals surface area (Å²) in [6, 6.07) is 0. The number of hydrogen-bond donors (Lipinski definition) is 1. The minimum atomic E-state index is -2.97. The quantitative estimate of drug-likeness (QED) is 0.528. The molecule has 74 valence electrons. The van der Waals surface area contributed by atoms with Gasteiger partial charge in [-0.25, -0.2) is 0 Å². The Morgan fingerprint density at radius 3 is 1.43 bits per heavy atom. The second kappa shape index (κ2) is 6.05. The zero-order valence-corrected chi connectivity index (χ0v) is 9.73. The number of hydrogen-bond acceptors (Lipinski definition) is 7. The van der Waals surface area contributed by atoms with Gasteiger partial charge in [-0.2, -0.15) is 0 Å². The van der Waals surface area contributed by atoms with Crippen LogP contribution in [0.5, 0.6) is 0 Å². The van der Waals surface area contributed by atoms with Crippen LogP contribution >= 0.6 is 0 Å². The first kappa shape index (κ1) is 15.9. The van der Waals surface area contributed by atoms with Crippen molar-refractivity contribution >= 4 is 17.9 Å². The summed E-state index contributed by atoms with van der Waals surface area (Å²) in [5.41, 5.74) is -2.97. The fourth-order valence-corrected chi connectivity index (χ4v) is 0.684. The van der Waals surface area contributed by atoms with Gasteiger partial charge in [-0.1, -0.05) is 0 Å². The van der Waals surface area contributed by atoms with E-state index in [-0.39, 0.29) is 32.7 Å². The van der Waals surface area contributed by atoms with E-state index >= 15 is 0 Å². The predicted molar refractivity (Wildman–Crippen MR) is 29.2 cm³/mol. The molecule has 0 aliphatic rings. The minimum Gasteiger partial charge on any atom is -0.550 e. The summed E-state index contributed by atoms with van der Waals surface area (Å²) >= 11 is 0. The topological polar surface area (TPSA) is 141 Å². The van der Waals surface area contributed by atoms with Crippen molar-refractivity contribution in [2.45, 2.75) is 18.4 Å². The number of carbonyl (C=O) groups excluding carboxylic acids is 3. The molecule has 0 aliphatic carbocycles. The molecule has 0 aromatic carbocycles. The number of aliphatic carboxylic acids is 3. The maximum Gasteiger partial charge on any atom is 3.00 e. The van der Waals surface area contributed by atoms with Gasteiger partial charge in [-0.05, 0) is 0 Å². The average molecular weight is 276 g/mol. The van der Waals surface area contributed by atoms with Crippen LogP contribution in [0.1, 0.15) is 12.8 Å². The van der Waals surface area contributed by atoms with Crippen molar-refractivity contribution in [3.05, 3.63) is 0 Å². The second-order valence-corrected chi connectivity index (χ2v) is 2.42. The summed E-state index contributed by atoms with van der Waals surface area (Å²) in [5.74, 6) is -5.98. The van der Waals surface area contributed by atoms with Gasteiger partial charge in [-0.3, -0.25) is 0 Å². The summed E-state index contributed by atoms with van der Waals surface area (Å²) in [7, 11) is 0. The summed E-state index contributed by atoms with van der Waals surface area (Å²) in [6.45, 7) is 0. The van der Waals surface area contributed by atoms with Crippen molar-refractivity contribution < 1.29 is 67.5 Å². The van der Waals surface area contributed by atoms with E-state index in [4.69, 9.17) is 5.11 Å². The van der Waals surface area contributed by atoms with Crippen LogP contribution < -0.4 is 15.3 Å². The third-order valence-electron chi connectivity index (χ3n) is 1.25. The normalized spacial score (nSPS) is 10.1. The Morgan fingerprint density at radius 1 is 1.00 bits per heavy atom. The first-order valence-electron chi connectivity index (χ1n) is 3.11. The van der Waals surface area contributed by atoms with Crippen molar-refractivity contribution in [2.24, 2.45) is 0 Å². The molecule has 0 amide bonds. The Balaban J connectivity index is 0. The Morgan fingerprint density at radius 2 is 1.29 bits per heavy atom. The van der Waals surface area contributed by atoms with Crippen molar-refractivity contribution in [2.75, 3.05) is 0 Å². The molecule has 0 atom stereocenters. The SMILES string of the molecule is O=C([O-])CC(O)(CC(=O)[O-])C(=O)[O-].[87Y+3]. The van der Waals surface area contributed by atoms with Crippen molar-refractivity contribution in [3.8, 4) is 0 Å². The molecule has 0 fully saturated rings. The zero-order chi connectivity index (χ0) is 10.6. The maximum atomic E-state index is 10.1. The van der Waals surface area contributed by atoms with E-state index in [1.807, 2.05) is 0 Å². The molecule has 0 spiro atoms. The molecule has 0 aromatic rings. The number of carbonyl (C=O) groups is 3. The number of carboxylic acids is 3. The number of carboxylic acid groups (broad SMARTS) is 3. The van der Waals surface area contributed by atoms with Crippen molar-refractivity contribution in [1.29, 1.82) is 0 Å². The van der Waals surface area contributed by atoms with E-state index in [9.17, 15) is 29.7 Å². The predicted octanol–water partition coefficient (Wildman–Crippen LogP) is -5.26. The molecule has 0 saturated carbocycles. The fraction of sp³-hybridized carbons (Fsp3) is 0.500. The summed E-state index contributed by atoms with van der Waals surface area (Å²) in [4.78, 5) is 30.0. The standard InChI is InChI=1S/C6H8O7.Y/c7-3(8)1-6(13,5(11)12)2-4(9)10;/h13H,1-2H2,(H,7,8)(H,9,10)(H,11,12);/q;+3/p-3/i;1-2. The molecule has 0 aromatic heterocycles. The Hall–Kier alpha value is -0.526. The molecular weight excluding hydrogens is 271 g/mol. The van der Waals surface area contributed by atoms with E-state index < -0.39 is 36.4 Å². The average Bonchev–Trinajstić information content (AvgIpc) is 1.82. The number of rotatable bonds is 5. The molecule has 0 saturated heterocycles. The van der Waals surface area contributed by atoms with Gasteiger partial charge in [-0.15, -0.1) is 0 Å². The van der Waals surface area contributed by atoms with Gasteiger partial charge in [0, 0.05) is 24.8 Å². The van der Waals surface area contributed by atoms with Crippen LogP contribution in [-0.4, -0.2) is 28.6 Å². The first-order valence-corrected chi connectivity index (χ1v) is 3.11. The van der Waals surface area contributed by atoms with Gasteiger partial charge in [0.2, 0.25) is 0 Å². The largest absolute Gasteiger partial charge is 3.00 e. The van der Waals surface area contributed by atoms with E-state index in [0.29, 0.717) is 0 Å². The fourth-order valence-electron chi connectivity index (χ4n) is 0.684. The van der Waals surface area contributed by atoms with Crippen LogP contribution in [0, 0.1) is 0 Å². The van der Waals surface area contributed by atoms with E-state index in [1.54, 1.807) is 0 Å². The van der Waals surface area contributed by atoms with E-state index in [2.05, 4.69) is 0 Å². The smallest absolute Gasteiger partial charge is 0.550 e. The molecule has 0 radical (unpaired) electrons. The third kappa shape index (κ3) is 5.26. The third-order valence-corrected chi connectivity index (χ3v) is 1.25. The van der Waals surface area contributed by atoms with Gasteiger partial charge in [0.15, 0.2) is 0 Å². The zero-order valence-electron chi connectivity index (χ0n) is 6.89. The molecular formula is C6H5O7Y. The summed E-state index contributed by atoms with van der Waals surface area (Å²) in [5, 5.41) is 38.9. The molecule has 7 nitrogen and oxygen atoms in total. The maximum absolute atomic E-state index is 10.1.